The van der Waals surface area contributed by atoms with Gasteiger partial charge >= 0.3 is 12.1 Å². The first-order chi connectivity index (χ1) is 9.19. The molecule has 0 radical (unpaired) electrons. The number of amides is 1. The minimum atomic E-state index is -0.767. The molecule has 0 spiro atoms. The Hall–Kier alpha value is -2.04. The number of rotatable bonds is 3. The van der Waals surface area contributed by atoms with Crippen molar-refractivity contribution in [1.82, 2.24) is 5.32 Å². The van der Waals surface area contributed by atoms with Crippen molar-refractivity contribution in [3.8, 4) is 0 Å². The molecule has 1 rings (SSSR count). The van der Waals surface area contributed by atoms with Crippen molar-refractivity contribution in [3.63, 3.8) is 0 Å². The number of hydrogen-bond acceptors (Lipinski definition) is 4. The van der Waals surface area contributed by atoms with E-state index < -0.39 is 23.9 Å². The molecule has 110 valence electrons. The van der Waals surface area contributed by atoms with Crippen LogP contribution in [0.3, 0.4) is 0 Å². The van der Waals surface area contributed by atoms with Crippen molar-refractivity contribution >= 4 is 12.1 Å². The van der Waals surface area contributed by atoms with Crippen molar-refractivity contribution in [3.05, 3.63) is 35.4 Å². The van der Waals surface area contributed by atoms with Crippen LogP contribution in [0.5, 0.6) is 0 Å². The van der Waals surface area contributed by atoms with Crippen molar-refractivity contribution < 1.29 is 19.1 Å². The van der Waals surface area contributed by atoms with E-state index in [9.17, 15) is 9.59 Å². The molecule has 0 saturated heterocycles. The van der Waals surface area contributed by atoms with Crippen LogP contribution in [-0.2, 0) is 9.47 Å². The van der Waals surface area contributed by atoms with E-state index in [0.717, 1.165) is 5.56 Å². The van der Waals surface area contributed by atoms with Gasteiger partial charge in [0.25, 0.3) is 0 Å². The van der Waals surface area contributed by atoms with Gasteiger partial charge in [-0.15, -0.1) is 0 Å². The maximum atomic E-state index is 11.9. The van der Waals surface area contributed by atoms with Gasteiger partial charge in [-0.25, -0.2) is 9.59 Å². The third kappa shape index (κ3) is 5.30. The summed E-state index contributed by atoms with van der Waals surface area (Å²) in [4.78, 5) is 23.5. The Kier molecular flexibility index (Phi) is 5.13. The maximum Gasteiger partial charge on any atom is 0.410 e. The average molecular weight is 279 g/mol. The minimum absolute atomic E-state index is 0.477. The van der Waals surface area contributed by atoms with Crippen LogP contribution in [0.15, 0.2) is 24.3 Å². The Labute approximate surface area is 119 Å². The molecule has 5 heteroatoms. The van der Waals surface area contributed by atoms with Crippen LogP contribution in [0.4, 0.5) is 4.79 Å². The number of hydrogen-bond donors (Lipinski definition) is 1. The highest BCUT2D eigenvalue weighted by Gasteiger charge is 2.20. The molecule has 1 atom stereocenters. The topological polar surface area (TPSA) is 64.6 Å². The molecule has 0 aliphatic carbocycles. The molecule has 1 aromatic carbocycles. The van der Waals surface area contributed by atoms with Gasteiger partial charge in [0.05, 0.1) is 5.56 Å². The molecule has 0 aliphatic rings. The van der Waals surface area contributed by atoms with E-state index >= 15 is 0 Å². The highest BCUT2D eigenvalue weighted by atomic mass is 16.6. The zero-order chi connectivity index (χ0) is 15.3. The lowest BCUT2D eigenvalue weighted by Gasteiger charge is -2.22. The molecule has 20 heavy (non-hydrogen) atoms. The number of ether oxygens (including phenoxy) is 2. The van der Waals surface area contributed by atoms with Crippen molar-refractivity contribution in [1.29, 1.82) is 0 Å². The van der Waals surface area contributed by atoms with Gasteiger partial charge in [0.15, 0.2) is 6.23 Å². The van der Waals surface area contributed by atoms with Crippen LogP contribution in [0.1, 0.15) is 43.6 Å². The third-order valence-corrected chi connectivity index (χ3v) is 2.37. The summed E-state index contributed by atoms with van der Waals surface area (Å²) in [7, 11) is 0. The maximum absolute atomic E-state index is 11.9. The van der Waals surface area contributed by atoms with Gasteiger partial charge in [0.1, 0.15) is 5.60 Å². The van der Waals surface area contributed by atoms with Gasteiger partial charge in [-0.05, 0) is 46.2 Å². The second-order valence-electron chi connectivity index (χ2n) is 5.51. The first kappa shape index (κ1) is 16.0. The summed E-state index contributed by atoms with van der Waals surface area (Å²) in [6, 6.07) is 7.10. The fourth-order valence-corrected chi connectivity index (χ4v) is 1.53. The van der Waals surface area contributed by atoms with Gasteiger partial charge in [-0.2, -0.15) is 0 Å². The molecular formula is C15H21NO4. The fraction of sp³-hybridized carbons (Fsp3) is 0.467. The predicted octanol–water partition coefficient (Wildman–Crippen LogP) is 3.02. The molecule has 5 nitrogen and oxygen atoms in total. The third-order valence-electron chi connectivity index (χ3n) is 2.37. The van der Waals surface area contributed by atoms with E-state index in [1.54, 1.807) is 39.8 Å². The quantitative estimate of drug-likeness (QED) is 0.682. The highest BCUT2D eigenvalue weighted by molar-refractivity contribution is 5.91. The van der Waals surface area contributed by atoms with Crippen molar-refractivity contribution in [2.45, 2.75) is 46.4 Å². The first-order valence-corrected chi connectivity index (χ1v) is 6.45. The number of benzene rings is 1. The summed E-state index contributed by atoms with van der Waals surface area (Å²) in [5, 5.41) is 2.45. The summed E-state index contributed by atoms with van der Waals surface area (Å²) < 4.78 is 10.2. The van der Waals surface area contributed by atoms with Gasteiger partial charge in [0, 0.05) is 0 Å². The van der Waals surface area contributed by atoms with Crippen LogP contribution < -0.4 is 5.32 Å². The molecule has 1 unspecified atom stereocenters. The summed E-state index contributed by atoms with van der Waals surface area (Å²) in [5.74, 6) is -0.480. The van der Waals surface area contributed by atoms with E-state index in [1.807, 2.05) is 19.1 Å². The van der Waals surface area contributed by atoms with E-state index in [2.05, 4.69) is 5.32 Å². The molecular weight excluding hydrogens is 258 g/mol. The standard InChI is InChI=1S/C15H21NO4/c1-10-8-6-7-9-12(10)13(17)19-11(2)16-14(18)20-15(3,4)5/h6-9,11H,1-5H3,(H,16,18). The Morgan fingerprint density at radius 1 is 1.20 bits per heavy atom. The molecule has 0 saturated carbocycles. The summed E-state index contributed by atoms with van der Waals surface area (Å²) in [6.07, 6.45) is -1.39. The average Bonchev–Trinajstić information content (AvgIpc) is 2.25. The minimum Gasteiger partial charge on any atom is -0.444 e. The predicted molar refractivity (Wildman–Crippen MR) is 75.4 cm³/mol. The van der Waals surface area contributed by atoms with Crippen LogP contribution in [0.25, 0.3) is 0 Å². The molecule has 1 aromatic rings. The second kappa shape index (κ2) is 6.41. The first-order valence-electron chi connectivity index (χ1n) is 6.45. The second-order valence-corrected chi connectivity index (χ2v) is 5.51. The Bertz CT molecular complexity index is 491. The summed E-state index contributed by atoms with van der Waals surface area (Å²) in [6.45, 7) is 8.67. The van der Waals surface area contributed by atoms with Gasteiger partial charge in [-0.1, -0.05) is 18.2 Å². The Balaban J connectivity index is 2.55. The highest BCUT2D eigenvalue weighted by Crippen LogP contribution is 2.10. The largest absolute Gasteiger partial charge is 0.444 e. The van der Waals surface area contributed by atoms with Crippen molar-refractivity contribution in [2.75, 3.05) is 0 Å². The molecule has 0 fully saturated rings. The Morgan fingerprint density at radius 3 is 2.35 bits per heavy atom. The van der Waals surface area contributed by atoms with E-state index in [0.29, 0.717) is 5.56 Å². The SMILES string of the molecule is Cc1ccccc1C(=O)OC(C)NC(=O)OC(C)(C)C. The van der Waals surface area contributed by atoms with E-state index in [-0.39, 0.29) is 0 Å². The molecule has 1 amide bonds. The molecule has 1 N–H and O–H groups in total. The van der Waals surface area contributed by atoms with Crippen LogP contribution in [-0.4, -0.2) is 23.9 Å². The summed E-state index contributed by atoms with van der Waals surface area (Å²) >= 11 is 0. The van der Waals surface area contributed by atoms with Crippen LogP contribution in [0.2, 0.25) is 0 Å². The number of carbonyl (C=O) groups excluding carboxylic acids is 2. The number of esters is 1. The lowest BCUT2D eigenvalue weighted by Crippen LogP contribution is -2.40. The lowest BCUT2D eigenvalue weighted by molar-refractivity contribution is 0.0148. The zero-order valence-corrected chi connectivity index (χ0v) is 12.5. The smallest absolute Gasteiger partial charge is 0.410 e. The van der Waals surface area contributed by atoms with E-state index in [4.69, 9.17) is 9.47 Å². The monoisotopic (exact) mass is 279 g/mol. The molecule has 0 heterocycles. The molecule has 0 aliphatic heterocycles. The van der Waals surface area contributed by atoms with Gasteiger partial charge in [-0.3, -0.25) is 5.32 Å². The summed E-state index contributed by atoms with van der Waals surface area (Å²) in [5.41, 5.74) is 0.705. The zero-order valence-electron chi connectivity index (χ0n) is 12.5. The van der Waals surface area contributed by atoms with Gasteiger partial charge < -0.3 is 9.47 Å². The van der Waals surface area contributed by atoms with Crippen LogP contribution in [0, 0.1) is 6.92 Å². The number of nitrogens with one attached hydrogen (secondary N) is 1. The van der Waals surface area contributed by atoms with E-state index in [1.165, 1.54) is 0 Å². The van der Waals surface area contributed by atoms with Gasteiger partial charge in [0.2, 0.25) is 0 Å². The fourth-order valence-electron chi connectivity index (χ4n) is 1.53. The molecule has 0 bridgehead atoms. The normalized spacial score (nSPS) is 12.4. The van der Waals surface area contributed by atoms with Crippen molar-refractivity contribution in [2.24, 2.45) is 0 Å². The molecule has 0 aromatic heterocycles. The number of aryl methyl sites for hydroxylation is 1. The Morgan fingerprint density at radius 2 is 1.80 bits per heavy atom. The lowest BCUT2D eigenvalue weighted by atomic mass is 10.1. The number of carbonyl (C=O) groups is 2. The number of alkyl carbamates (subject to hydrolysis) is 1. The van der Waals surface area contributed by atoms with Crippen LogP contribution >= 0.6 is 0 Å².